The largest absolute Gasteiger partial charge is 0.481 e. The van der Waals surface area contributed by atoms with Gasteiger partial charge in [-0.25, -0.2) is 22.0 Å². The van der Waals surface area contributed by atoms with E-state index in [4.69, 9.17) is 10.2 Å². The fraction of sp³-hybridized carbons (Fsp3) is 0.538. The summed E-state index contributed by atoms with van der Waals surface area (Å²) in [6.07, 6.45) is -6.64. The van der Waals surface area contributed by atoms with Gasteiger partial charge in [0.1, 0.15) is 5.83 Å². The van der Waals surface area contributed by atoms with Gasteiger partial charge in [-0.2, -0.15) is 0 Å². The van der Waals surface area contributed by atoms with Crippen molar-refractivity contribution < 1.29 is 51.2 Å². The van der Waals surface area contributed by atoms with Crippen LogP contribution in [0.25, 0.3) is 0 Å². The molecule has 3 N–H and O–H groups in total. The maximum Gasteiger partial charge on any atom is 0.307 e. The van der Waals surface area contributed by atoms with Gasteiger partial charge in [0.25, 0.3) is 0 Å². The first kappa shape index (κ1) is 21.3. The minimum absolute atomic E-state index is 0.533. The zero-order valence-electron chi connectivity index (χ0n) is 12.5. The van der Waals surface area contributed by atoms with E-state index in [0.717, 1.165) is 0 Å². The van der Waals surface area contributed by atoms with Crippen LogP contribution in [0.2, 0.25) is 0 Å². The number of alkyl halides is 1. The Kier molecular flexibility index (Phi) is 6.90. The van der Waals surface area contributed by atoms with Crippen LogP contribution in [0.15, 0.2) is 23.3 Å². The summed E-state index contributed by atoms with van der Waals surface area (Å²) in [5.74, 6) is -16.1. The average molecular weight is 392 g/mol. The minimum atomic E-state index is -4.64. The average Bonchev–Trinajstić information content (AvgIpc) is 2.51. The van der Waals surface area contributed by atoms with Gasteiger partial charge in [0.05, 0.1) is 11.8 Å². The van der Waals surface area contributed by atoms with Gasteiger partial charge >= 0.3 is 11.9 Å². The highest BCUT2D eigenvalue weighted by molar-refractivity contribution is 7.58. The smallest absolute Gasteiger partial charge is 0.307 e. The minimum Gasteiger partial charge on any atom is -0.481 e. The third kappa shape index (κ3) is 5.37. The summed E-state index contributed by atoms with van der Waals surface area (Å²) in [5.41, 5.74) is 0. The SMILES string of the molecule is O=C(O)CCC(CP(=O)(O)CC1C(F)=C(F)C(F)=C(F)C1F)C(=O)O. The van der Waals surface area contributed by atoms with Crippen molar-refractivity contribution in [2.24, 2.45) is 11.8 Å². The predicted octanol–water partition coefficient (Wildman–Crippen LogP) is 3.09. The summed E-state index contributed by atoms with van der Waals surface area (Å²) in [5, 5.41) is 17.4. The van der Waals surface area contributed by atoms with E-state index in [0.29, 0.717) is 0 Å². The van der Waals surface area contributed by atoms with Crippen LogP contribution in [0.5, 0.6) is 0 Å². The number of carbonyl (C=O) groups is 2. The fourth-order valence-electron chi connectivity index (χ4n) is 2.29. The van der Waals surface area contributed by atoms with Gasteiger partial charge in [-0.15, -0.1) is 0 Å². The van der Waals surface area contributed by atoms with Crippen molar-refractivity contribution in [1.82, 2.24) is 0 Å². The lowest BCUT2D eigenvalue weighted by Gasteiger charge is -2.26. The summed E-state index contributed by atoms with van der Waals surface area (Å²) in [6, 6.07) is 0. The molecule has 142 valence electrons. The Morgan fingerprint density at radius 2 is 1.60 bits per heavy atom. The number of halogens is 5. The molecule has 0 saturated carbocycles. The molecule has 0 fully saturated rings. The first-order chi connectivity index (χ1) is 11.4. The topological polar surface area (TPSA) is 112 Å². The number of carboxylic acids is 2. The van der Waals surface area contributed by atoms with Crippen molar-refractivity contribution in [2.45, 2.75) is 19.0 Å². The van der Waals surface area contributed by atoms with E-state index in [-0.39, 0.29) is 0 Å². The molecule has 0 bridgehead atoms. The molecule has 1 aliphatic rings. The Hall–Kier alpha value is -1.74. The van der Waals surface area contributed by atoms with E-state index in [9.17, 15) is 41.0 Å². The summed E-state index contributed by atoms with van der Waals surface area (Å²) >= 11 is 0. The molecule has 0 amide bonds. The van der Waals surface area contributed by atoms with Crippen molar-refractivity contribution in [3.8, 4) is 0 Å². The molecule has 25 heavy (non-hydrogen) atoms. The molecule has 0 heterocycles. The van der Waals surface area contributed by atoms with Gasteiger partial charge in [0, 0.05) is 18.7 Å². The first-order valence-corrected chi connectivity index (χ1v) is 8.90. The molecule has 12 heteroatoms. The van der Waals surface area contributed by atoms with Gasteiger partial charge in [-0.05, 0) is 6.42 Å². The van der Waals surface area contributed by atoms with E-state index in [2.05, 4.69) is 0 Å². The van der Waals surface area contributed by atoms with Crippen LogP contribution in [0.1, 0.15) is 12.8 Å². The third-order valence-electron chi connectivity index (χ3n) is 3.58. The van der Waals surface area contributed by atoms with Crippen molar-refractivity contribution in [1.29, 1.82) is 0 Å². The van der Waals surface area contributed by atoms with Crippen LogP contribution < -0.4 is 0 Å². The maximum atomic E-state index is 13.7. The number of rotatable bonds is 8. The second-order valence-electron chi connectivity index (χ2n) is 5.51. The summed E-state index contributed by atoms with van der Waals surface area (Å²) in [4.78, 5) is 31.2. The van der Waals surface area contributed by atoms with Gasteiger partial charge in [-0.1, -0.05) is 0 Å². The number of hydrogen-bond acceptors (Lipinski definition) is 3. The van der Waals surface area contributed by atoms with Crippen molar-refractivity contribution in [2.75, 3.05) is 12.3 Å². The van der Waals surface area contributed by atoms with E-state index < -0.39 is 85.8 Å². The van der Waals surface area contributed by atoms with Gasteiger partial charge in [0.2, 0.25) is 7.37 Å². The Balaban J connectivity index is 2.94. The van der Waals surface area contributed by atoms with Crippen LogP contribution in [-0.2, 0) is 14.2 Å². The van der Waals surface area contributed by atoms with Gasteiger partial charge in [-0.3, -0.25) is 14.2 Å². The lowest BCUT2D eigenvalue weighted by atomic mass is 9.97. The van der Waals surface area contributed by atoms with Crippen LogP contribution in [0.4, 0.5) is 22.0 Å². The molecule has 0 aromatic rings. The zero-order chi connectivity index (χ0) is 19.5. The van der Waals surface area contributed by atoms with Crippen LogP contribution in [0.3, 0.4) is 0 Å². The molecule has 6 nitrogen and oxygen atoms in total. The fourth-order valence-corrected chi connectivity index (χ4v) is 4.42. The van der Waals surface area contributed by atoms with E-state index in [1.54, 1.807) is 0 Å². The quantitative estimate of drug-likeness (QED) is 0.432. The van der Waals surface area contributed by atoms with E-state index in [1.807, 2.05) is 0 Å². The van der Waals surface area contributed by atoms with Crippen LogP contribution in [-0.4, -0.2) is 45.5 Å². The molecular weight excluding hydrogens is 378 g/mol. The maximum absolute atomic E-state index is 13.7. The highest BCUT2D eigenvalue weighted by Gasteiger charge is 2.44. The van der Waals surface area contributed by atoms with Crippen molar-refractivity contribution in [3.05, 3.63) is 23.3 Å². The van der Waals surface area contributed by atoms with Crippen molar-refractivity contribution >= 4 is 19.3 Å². The molecule has 4 unspecified atom stereocenters. The van der Waals surface area contributed by atoms with E-state index >= 15 is 0 Å². The Morgan fingerprint density at radius 1 is 1.08 bits per heavy atom. The van der Waals surface area contributed by atoms with Gasteiger partial charge < -0.3 is 15.1 Å². The van der Waals surface area contributed by atoms with Crippen molar-refractivity contribution in [3.63, 3.8) is 0 Å². The molecule has 0 spiro atoms. The van der Waals surface area contributed by atoms with Gasteiger partial charge in [0.15, 0.2) is 23.7 Å². The first-order valence-electron chi connectivity index (χ1n) is 6.87. The molecule has 0 radical (unpaired) electrons. The number of aliphatic carboxylic acids is 2. The second-order valence-corrected chi connectivity index (χ2v) is 7.93. The second kappa shape index (κ2) is 8.09. The molecule has 0 saturated heterocycles. The summed E-state index contributed by atoms with van der Waals surface area (Å²) in [7, 11) is -4.64. The number of carboxylic acid groups (broad SMARTS) is 2. The normalized spacial score (nSPS) is 24.9. The lowest BCUT2D eigenvalue weighted by Crippen LogP contribution is -2.28. The molecule has 4 atom stereocenters. The van der Waals surface area contributed by atoms with E-state index in [1.165, 1.54) is 0 Å². The Bertz CT molecular complexity index is 676. The molecule has 1 aliphatic carbocycles. The van der Waals surface area contributed by atoms with Crippen LogP contribution in [0, 0.1) is 11.8 Å². The predicted molar refractivity (Wildman–Crippen MR) is 74.4 cm³/mol. The molecule has 0 aliphatic heterocycles. The lowest BCUT2D eigenvalue weighted by molar-refractivity contribution is -0.142. The zero-order valence-corrected chi connectivity index (χ0v) is 13.4. The standard InChI is InChI=1S/C13H14F5O6P/c14-8-6(9(15)11(17)12(18)10(8)16)4-25(23,24)3-5(13(21)22)1-2-7(19)20/h5-6,8H,1-4H2,(H,19,20)(H,21,22)(H,23,24). The monoisotopic (exact) mass is 392 g/mol. The van der Waals surface area contributed by atoms with Crippen LogP contribution >= 0.6 is 7.37 Å². The Labute approximate surface area is 138 Å². The Morgan fingerprint density at radius 3 is 2.08 bits per heavy atom. The summed E-state index contributed by atoms with van der Waals surface area (Å²) < 4.78 is 78.5. The molecular formula is C13H14F5O6P. The highest BCUT2D eigenvalue weighted by atomic mass is 31.2. The number of hydrogen-bond donors (Lipinski definition) is 3. The third-order valence-corrected chi connectivity index (χ3v) is 5.55. The molecule has 0 aromatic heterocycles. The summed E-state index contributed by atoms with van der Waals surface area (Å²) in [6.45, 7) is 0. The highest BCUT2D eigenvalue weighted by Crippen LogP contribution is 2.50. The number of allylic oxidation sites excluding steroid dienone is 4. The molecule has 0 aromatic carbocycles. The molecule has 1 rings (SSSR count).